The number of likely N-dealkylation sites (N-methyl/N-ethyl adjacent to an activating group) is 1. The fraction of sp³-hybridized carbons (Fsp3) is 0.240. The predicted molar refractivity (Wildman–Crippen MR) is 133 cm³/mol. The fourth-order valence-electron chi connectivity index (χ4n) is 3.18. The Balaban J connectivity index is 2.05. The Morgan fingerprint density at radius 2 is 2.06 bits per heavy atom. The molecule has 0 spiro atoms. The predicted octanol–water partition coefficient (Wildman–Crippen LogP) is 5.24. The Kier molecular flexibility index (Phi) is 7.72. The number of nitrogens with one attached hydrogen (secondary N) is 2. The Morgan fingerprint density at radius 3 is 2.71 bits per heavy atom. The van der Waals surface area contributed by atoms with Gasteiger partial charge in [-0.2, -0.15) is 5.26 Å². The summed E-state index contributed by atoms with van der Waals surface area (Å²) in [5, 5.41) is 16.2. The summed E-state index contributed by atoms with van der Waals surface area (Å²) in [7, 11) is 6.09. The van der Waals surface area contributed by atoms with Crippen molar-refractivity contribution in [2.24, 2.45) is 0 Å². The number of aromatic nitrogens is 1. The van der Waals surface area contributed by atoms with Crippen LogP contribution >= 0.6 is 11.6 Å². The molecule has 1 amide bonds. The van der Waals surface area contributed by atoms with Gasteiger partial charge in [0.15, 0.2) is 0 Å². The van der Waals surface area contributed by atoms with Gasteiger partial charge in [0.2, 0.25) is 5.91 Å². The number of anilines is 3. The zero-order valence-corrected chi connectivity index (χ0v) is 20.2. The normalized spacial score (nSPS) is 11.4. The van der Waals surface area contributed by atoms with Gasteiger partial charge in [0, 0.05) is 29.4 Å². The highest BCUT2D eigenvalue weighted by Gasteiger charge is 2.16. The Labute approximate surface area is 203 Å². The van der Waals surface area contributed by atoms with Crippen LogP contribution in [0.25, 0.3) is 10.9 Å². The van der Waals surface area contributed by atoms with E-state index in [9.17, 15) is 14.4 Å². The van der Waals surface area contributed by atoms with Gasteiger partial charge in [-0.25, -0.2) is 4.39 Å². The lowest BCUT2D eigenvalue weighted by Crippen LogP contribution is -2.34. The largest absolute Gasteiger partial charge is 0.492 e. The summed E-state index contributed by atoms with van der Waals surface area (Å²) < 4.78 is 20.0. The van der Waals surface area contributed by atoms with E-state index in [4.69, 9.17) is 16.3 Å². The molecule has 0 fully saturated rings. The van der Waals surface area contributed by atoms with Crippen LogP contribution in [0.2, 0.25) is 5.02 Å². The van der Waals surface area contributed by atoms with Gasteiger partial charge in [0.1, 0.15) is 17.6 Å². The maximum absolute atomic E-state index is 13.6. The first-order valence-electron chi connectivity index (χ1n) is 10.6. The molecule has 0 radical (unpaired) electrons. The first-order chi connectivity index (χ1) is 16.1. The molecule has 0 saturated heterocycles. The molecule has 0 aliphatic rings. The Bertz CT molecular complexity index is 1300. The van der Waals surface area contributed by atoms with Gasteiger partial charge in [0.25, 0.3) is 0 Å². The highest BCUT2D eigenvalue weighted by atomic mass is 35.5. The van der Waals surface area contributed by atoms with Crippen molar-refractivity contribution in [2.75, 3.05) is 44.9 Å². The summed E-state index contributed by atoms with van der Waals surface area (Å²) in [5.41, 5.74) is 2.22. The lowest BCUT2D eigenvalue weighted by molar-refractivity contribution is -0.864. The van der Waals surface area contributed by atoms with Crippen molar-refractivity contribution in [3.05, 3.63) is 65.1 Å². The van der Waals surface area contributed by atoms with Crippen molar-refractivity contribution in [1.82, 2.24) is 4.98 Å². The molecule has 1 heterocycles. The van der Waals surface area contributed by atoms with Crippen LogP contribution in [-0.2, 0) is 4.79 Å². The molecule has 3 rings (SSSR count). The summed E-state index contributed by atoms with van der Waals surface area (Å²) in [6.45, 7) is 2.92. The SMILES string of the molecule is CCOc1cc2ncc(C#N)c(Nc3ccc(F)c(Cl)c3)c2cc1NC(=O)/C=C/C[N+](C)(C)C. The maximum Gasteiger partial charge on any atom is 0.248 e. The van der Waals surface area contributed by atoms with Crippen LogP contribution < -0.4 is 15.4 Å². The zero-order chi connectivity index (χ0) is 24.9. The van der Waals surface area contributed by atoms with E-state index in [0.29, 0.717) is 51.3 Å². The molecule has 176 valence electrons. The minimum Gasteiger partial charge on any atom is -0.492 e. The molecule has 1 aromatic heterocycles. The van der Waals surface area contributed by atoms with Crippen LogP contribution in [0, 0.1) is 17.1 Å². The second-order valence-corrected chi connectivity index (χ2v) is 8.98. The van der Waals surface area contributed by atoms with Crippen LogP contribution in [0.5, 0.6) is 5.75 Å². The number of rotatable bonds is 8. The van der Waals surface area contributed by atoms with E-state index in [1.54, 1.807) is 18.2 Å². The standard InChI is InChI=1S/C25H25ClFN5O2/c1-5-34-23-13-21-18(12-22(23)31-24(33)7-6-10-32(2,3)4)25(16(14-28)15-29-21)30-17-8-9-20(27)19(26)11-17/h6-9,11-13,15H,5,10H2,1-4H3,(H-,29,30,31,33)/p+1/b7-6+. The number of nitrogens with zero attached hydrogens (tertiary/aromatic N) is 3. The summed E-state index contributed by atoms with van der Waals surface area (Å²) in [6.07, 6.45) is 4.72. The average Bonchev–Trinajstić information content (AvgIpc) is 2.76. The molecular weight excluding hydrogens is 457 g/mol. The number of ether oxygens (including phenoxy) is 1. The van der Waals surface area contributed by atoms with Crippen LogP contribution in [0.4, 0.5) is 21.5 Å². The van der Waals surface area contributed by atoms with E-state index in [2.05, 4.69) is 21.7 Å². The van der Waals surface area contributed by atoms with Crippen LogP contribution in [-0.4, -0.2) is 49.7 Å². The molecule has 3 aromatic rings. The summed E-state index contributed by atoms with van der Waals surface area (Å²) in [4.78, 5) is 16.9. The van der Waals surface area contributed by atoms with Crippen LogP contribution in [0.1, 0.15) is 12.5 Å². The minimum atomic E-state index is -0.544. The average molecular weight is 483 g/mol. The molecule has 0 unspecified atom stereocenters. The number of amides is 1. The molecule has 0 aliphatic heterocycles. The van der Waals surface area contributed by atoms with E-state index in [1.807, 2.05) is 28.1 Å². The molecule has 0 bridgehead atoms. The van der Waals surface area contributed by atoms with Gasteiger partial charge in [-0.15, -0.1) is 0 Å². The van der Waals surface area contributed by atoms with Gasteiger partial charge >= 0.3 is 0 Å². The first kappa shape index (κ1) is 25.0. The quantitative estimate of drug-likeness (QED) is 0.338. The molecular formula is C25H26ClFN5O2+. The fourth-order valence-corrected chi connectivity index (χ4v) is 3.36. The minimum absolute atomic E-state index is 0.0471. The Hall–Kier alpha value is -3.67. The Morgan fingerprint density at radius 1 is 1.29 bits per heavy atom. The molecule has 0 aliphatic carbocycles. The smallest absolute Gasteiger partial charge is 0.248 e. The number of hydrogen-bond donors (Lipinski definition) is 2. The molecule has 9 heteroatoms. The number of benzene rings is 2. The highest BCUT2D eigenvalue weighted by Crippen LogP contribution is 2.36. The van der Waals surface area contributed by atoms with E-state index >= 15 is 0 Å². The van der Waals surface area contributed by atoms with Crippen molar-refractivity contribution in [2.45, 2.75) is 6.92 Å². The van der Waals surface area contributed by atoms with E-state index in [1.165, 1.54) is 30.5 Å². The summed E-state index contributed by atoms with van der Waals surface area (Å²) in [6, 6.07) is 9.70. The number of carbonyl (C=O) groups is 1. The number of fused-ring (bicyclic) bond motifs is 1. The van der Waals surface area contributed by atoms with Crippen molar-refractivity contribution in [3.8, 4) is 11.8 Å². The third-order valence-electron chi connectivity index (χ3n) is 4.76. The second kappa shape index (κ2) is 10.5. The zero-order valence-electron chi connectivity index (χ0n) is 19.4. The number of hydrogen-bond acceptors (Lipinski definition) is 5. The third-order valence-corrected chi connectivity index (χ3v) is 5.05. The van der Waals surface area contributed by atoms with E-state index < -0.39 is 5.82 Å². The lowest BCUT2D eigenvalue weighted by atomic mass is 10.1. The van der Waals surface area contributed by atoms with E-state index in [0.717, 1.165) is 0 Å². The van der Waals surface area contributed by atoms with Gasteiger partial charge < -0.3 is 19.9 Å². The van der Waals surface area contributed by atoms with Crippen molar-refractivity contribution >= 4 is 45.5 Å². The number of halogens is 2. The van der Waals surface area contributed by atoms with Crippen LogP contribution in [0.3, 0.4) is 0 Å². The second-order valence-electron chi connectivity index (χ2n) is 8.58. The molecule has 0 saturated carbocycles. The van der Waals surface area contributed by atoms with Crippen molar-refractivity contribution in [3.63, 3.8) is 0 Å². The number of nitriles is 1. The van der Waals surface area contributed by atoms with Gasteiger partial charge in [-0.05, 0) is 37.3 Å². The lowest BCUT2D eigenvalue weighted by Gasteiger charge is -2.21. The number of pyridine rings is 1. The van der Waals surface area contributed by atoms with E-state index in [-0.39, 0.29) is 16.5 Å². The molecule has 7 nitrogen and oxygen atoms in total. The molecule has 0 atom stereocenters. The molecule has 2 aromatic carbocycles. The van der Waals surface area contributed by atoms with Crippen molar-refractivity contribution in [1.29, 1.82) is 5.26 Å². The number of carbonyl (C=O) groups excluding carboxylic acids is 1. The maximum atomic E-state index is 13.6. The summed E-state index contributed by atoms with van der Waals surface area (Å²) >= 11 is 5.92. The number of quaternary nitrogens is 1. The highest BCUT2D eigenvalue weighted by molar-refractivity contribution is 6.31. The third kappa shape index (κ3) is 6.22. The monoisotopic (exact) mass is 482 g/mol. The molecule has 34 heavy (non-hydrogen) atoms. The summed E-state index contributed by atoms with van der Waals surface area (Å²) in [5.74, 6) is -0.397. The topological polar surface area (TPSA) is 87.0 Å². The molecule has 2 N–H and O–H groups in total. The van der Waals surface area contributed by atoms with Gasteiger partial charge in [-0.1, -0.05) is 11.6 Å². The van der Waals surface area contributed by atoms with Crippen LogP contribution in [0.15, 0.2) is 48.7 Å². The first-order valence-corrected chi connectivity index (χ1v) is 11.0. The van der Waals surface area contributed by atoms with Gasteiger partial charge in [-0.3, -0.25) is 9.78 Å². The van der Waals surface area contributed by atoms with Crippen molar-refractivity contribution < 1.29 is 18.4 Å². The van der Waals surface area contributed by atoms with Gasteiger partial charge in [0.05, 0.1) is 61.8 Å².